The highest BCUT2D eigenvalue weighted by Crippen LogP contribution is 2.12. The van der Waals surface area contributed by atoms with Crippen LogP contribution in [-0.2, 0) is 10.5 Å². The Morgan fingerprint density at radius 1 is 1.55 bits per heavy atom. The van der Waals surface area contributed by atoms with Crippen LogP contribution in [0.15, 0.2) is 6.33 Å². The molecule has 0 atom stereocenters. The quantitative estimate of drug-likeness (QED) is 0.637. The highest BCUT2D eigenvalue weighted by Gasteiger charge is 2.19. The Morgan fingerprint density at radius 2 is 2.18 bits per heavy atom. The fourth-order valence-electron chi connectivity index (χ4n) is 0.699. The van der Waals surface area contributed by atoms with Gasteiger partial charge >= 0.3 is 0 Å². The van der Waals surface area contributed by atoms with Crippen LogP contribution in [0.25, 0.3) is 0 Å². The molecule has 0 aliphatic rings. The van der Waals surface area contributed by atoms with Crippen LogP contribution >= 0.6 is 0 Å². The molecule has 0 N–H and O–H groups in total. The van der Waals surface area contributed by atoms with E-state index in [0.717, 1.165) is 5.82 Å². The molecule has 0 spiro atoms. The SMILES string of the molecule is COC(C)(C)n1cnc(C)n1. The Balaban J connectivity index is 2.92. The van der Waals surface area contributed by atoms with E-state index in [1.807, 2.05) is 20.8 Å². The second-order valence-electron chi connectivity index (χ2n) is 2.89. The average molecular weight is 155 g/mol. The molecule has 4 heteroatoms. The molecule has 0 bridgehead atoms. The standard InChI is InChI=1S/C7H13N3O/c1-6-8-5-10(9-6)7(2,3)11-4/h5H,1-4H3. The number of aromatic nitrogens is 3. The van der Waals surface area contributed by atoms with E-state index in [4.69, 9.17) is 4.74 Å². The van der Waals surface area contributed by atoms with Crippen molar-refractivity contribution in [2.45, 2.75) is 26.5 Å². The number of methoxy groups -OCH3 is 1. The number of nitrogens with zero attached hydrogens (tertiary/aromatic N) is 3. The molecule has 0 aromatic carbocycles. The highest BCUT2D eigenvalue weighted by molar-refractivity contribution is 4.78. The molecule has 11 heavy (non-hydrogen) atoms. The third-order valence-corrected chi connectivity index (χ3v) is 1.66. The molecule has 0 amide bonds. The van der Waals surface area contributed by atoms with Crippen molar-refractivity contribution in [3.8, 4) is 0 Å². The van der Waals surface area contributed by atoms with Crippen molar-refractivity contribution in [1.82, 2.24) is 14.8 Å². The summed E-state index contributed by atoms with van der Waals surface area (Å²) in [6, 6.07) is 0. The summed E-state index contributed by atoms with van der Waals surface area (Å²) < 4.78 is 6.89. The van der Waals surface area contributed by atoms with Gasteiger partial charge in [-0.3, -0.25) is 0 Å². The number of hydrogen-bond donors (Lipinski definition) is 0. The van der Waals surface area contributed by atoms with E-state index in [9.17, 15) is 0 Å². The second-order valence-corrected chi connectivity index (χ2v) is 2.89. The fourth-order valence-corrected chi connectivity index (χ4v) is 0.699. The molecule has 0 saturated heterocycles. The van der Waals surface area contributed by atoms with Crippen LogP contribution in [0.1, 0.15) is 19.7 Å². The molecule has 1 aromatic heterocycles. The lowest BCUT2D eigenvalue weighted by atomic mass is 10.3. The van der Waals surface area contributed by atoms with Crippen molar-refractivity contribution in [2.75, 3.05) is 7.11 Å². The van der Waals surface area contributed by atoms with Crippen LogP contribution in [0.5, 0.6) is 0 Å². The van der Waals surface area contributed by atoms with Gasteiger partial charge in [-0.2, -0.15) is 5.10 Å². The van der Waals surface area contributed by atoms with Crippen molar-refractivity contribution < 1.29 is 4.74 Å². The Morgan fingerprint density at radius 3 is 2.55 bits per heavy atom. The number of hydrogen-bond acceptors (Lipinski definition) is 3. The van der Waals surface area contributed by atoms with E-state index in [2.05, 4.69) is 10.1 Å². The summed E-state index contributed by atoms with van der Waals surface area (Å²) in [5.74, 6) is 0.759. The molecular weight excluding hydrogens is 142 g/mol. The zero-order valence-electron chi connectivity index (χ0n) is 7.33. The maximum absolute atomic E-state index is 5.20. The fraction of sp³-hybridized carbons (Fsp3) is 0.714. The molecule has 4 nitrogen and oxygen atoms in total. The summed E-state index contributed by atoms with van der Waals surface area (Å²) >= 11 is 0. The van der Waals surface area contributed by atoms with Gasteiger partial charge in [0.05, 0.1) is 0 Å². The van der Waals surface area contributed by atoms with Crippen LogP contribution in [-0.4, -0.2) is 21.9 Å². The zero-order chi connectivity index (χ0) is 8.48. The Bertz CT molecular complexity index is 242. The first kappa shape index (κ1) is 8.20. The van der Waals surface area contributed by atoms with Gasteiger partial charge in [0.2, 0.25) is 0 Å². The molecule has 0 unspecified atom stereocenters. The van der Waals surface area contributed by atoms with Crippen molar-refractivity contribution in [3.63, 3.8) is 0 Å². The summed E-state index contributed by atoms with van der Waals surface area (Å²) in [5.41, 5.74) is -0.402. The molecule has 1 heterocycles. The van der Waals surface area contributed by atoms with Crippen molar-refractivity contribution >= 4 is 0 Å². The first-order chi connectivity index (χ1) is 5.06. The predicted molar refractivity (Wildman–Crippen MR) is 41.1 cm³/mol. The van der Waals surface area contributed by atoms with Gasteiger partial charge in [-0.05, 0) is 20.8 Å². The highest BCUT2D eigenvalue weighted by atomic mass is 16.5. The number of rotatable bonds is 2. The van der Waals surface area contributed by atoms with Gasteiger partial charge in [-0.1, -0.05) is 0 Å². The average Bonchev–Trinajstić information content (AvgIpc) is 2.36. The van der Waals surface area contributed by atoms with Gasteiger partial charge in [0.25, 0.3) is 0 Å². The third-order valence-electron chi connectivity index (χ3n) is 1.66. The van der Waals surface area contributed by atoms with Gasteiger partial charge in [-0.15, -0.1) is 0 Å². The van der Waals surface area contributed by atoms with E-state index < -0.39 is 5.72 Å². The van der Waals surface area contributed by atoms with Crippen molar-refractivity contribution in [2.24, 2.45) is 0 Å². The minimum Gasteiger partial charge on any atom is -0.358 e. The summed E-state index contributed by atoms with van der Waals surface area (Å²) in [7, 11) is 1.65. The number of ether oxygens (including phenoxy) is 1. The van der Waals surface area contributed by atoms with E-state index >= 15 is 0 Å². The van der Waals surface area contributed by atoms with Gasteiger partial charge in [0.15, 0.2) is 5.72 Å². The topological polar surface area (TPSA) is 39.9 Å². The second kappa shape index (κ2) is 2.62. The van der Waals surface area contributed by atoms with Crippen LogP contribution in [0.2, 0.25) is 0 Å². The van der Waals surface area contributed by atoms with Gasteiger partial charge in [0, 0.05) is 7.11 Å². The Kier molecular flexibility index (Phi) is 1.95. The van der Waals surface area contributed by atoms with Gasteiger partial charge in [0.1, 0.15) is 12.2 Å². The van der Waals surface area contributed by atoms with Gasteiger partial charge < -0.3 is 4.74 Å². The molecule has 0 aliphatic heterocycles. The maximum atomic E-state index is 5.20. The first-order valence-electron chi connectivity index (χ1n) is 3.50. The van der Waals surface area contributed by atoms with Crippen molar-refractivity contribution in [3.05, 3.63) is 12.2 Å². The first-order valence-corrected chi connectivity index (χ1v) is 3.50. The molecule has 0 radical (unpaired) electrons. The lowest BCUT2D eigenvalue weighted by Gasteiger charge is -2.22. The maximum Gasteiger partial charge on any atom is 0.156 e. The zero-order valence-corrected chi connectivity index (χ0v) is 7.33. The lowest BCUT2D eigenvalue weighted by molar-refractivity contribution is -0.0553. The lowest BCUT2D eigenvalue weighted by Crippen LogP contribution is -2.28. The number of aryl methyl sites for hydroxylation is 1. The van der Waals surface area contributed by atoms with Crippen LogP contribution in [0, 0.1) is 6.92 Å². The predicted octanol–water partition coefficient (Wildman–Crippen LogP) is 0.926. The van der Waals surface area contributed by atoms with Crippen LogP contribution in [0.3, 0.4) is 0 Å². The Hall–Kier alpha value is -0.900. The normalized spacial score (nSPS) is 12.0. The molecule has 1 aromatic rings. The summed E-state index contributed by atoms with van der Waals surface area (Å²) in [4.78, 5) is 4.00. The Labute approximate surface area is 66.2 Å². The van der Waals surface area contributed by atoms with Crippen LogP contribution in [0.4, 0.5) is 0 Å². The molecule has 0 saturated carbocycles. The van der Waals surface area contributed by atoms with Crippen LogP contribution < -0.4 is 0 Å². The third kappa shape index (κ3) is 1.57. The molecular formula is C7H13N3O. The largest absolute Gasteiger partial charge is 0.358 e. The minimum atomic E-state index is -0.402. The van der Waals surface area contributed by atoms with E-state index in [0.29, 0.717) is 0 Å². The molecule has 1 rings (SSSR count). The smallest absolute Gasteiger partial charge is 0.156 e. The monoisotopic (exact) mass is 155 g/mol. The minimum absolute atomic E-state index is 0.402. The van der Waals surface area contributed by atoms with E-state index in [1.54, 1.807) is 18.1 Å². The molecule has 0 fully saturated rings. The summed E-state index contributed by atoms with van der Waals surface area (Å²) in [5, 5.41) is 4.13. The van der Waals surface area contributed by atoms with Crippen molar-refractivity contribution in [1.29, 1.82) is 0 Å². The summed E-state index contributed by atoms with van der Waals surface area (Å²) in [6.07, 6.45) is 1.67. The van der Waals surface area contributed by atoms with E-state index in [-0.39, 0.29) is 0 Å². The van der Waals surface area contributed by atoms with Gasteiger partial charge in [-0.25, -0.2) is 9.67 Å². The molecule has 0 aliphatic carbocycles. The molecule has 62 valence electrons. The van der Waals surface area contributed by atoms with E-state index in [1.165, 1.54) is 0 Å². The summed E-state index contributed by atoms with van der Waals surface area (Å²) in [6.45, 7) is 5.71.